The maximum Gasteiger partial charge on any atom is 0.337 e. The smallest absolute Gasteiger partial charge is 0.337 e. The highest BCUT2D eigenvalue weighted by molar-refractivity contribution is 7.92. The molecule has 0 aliphatic rings. The number of ether oxygens (including phenoxy) is 1. The average molecular weight is 369 g/mol. The van der Waals surface area contributed by atoms with E-state index in [1.165, 1.54) is 37.4 Å². The van der Waals surface area contributed by atoms with Crippen LogP contribution >= 0.6 is 11.6 Å². The number of rotatable bonds is 5. The third-order valence-corrected chi connectivity index (χ3v) is 4.73. The molecule has 2 aromatic rings. The Bertz CT molecular complexity index is 893. The first-order chi connectivity index (χ1) is 11.2. The fraction of sp³-hybridized carbons (Fsp3) is 0.0667. The number of carboxylic acid groups (broad SMARTS) is 1. The zero-order valence-electron chi connectivity index (χ0n) is 12.3. The zero-order chi connectivity index (χ0) is 17.9. The minimum atomic E-state index is -4.04. The second kappa shape index (κ2) is 6.90. The van der Waals surface area contributed by atoms with Crippen molar-refractivity contribution in [2.75, 3.05) is 11.8 Å². The van der Waals surface area contributed by atoms with E-state index in [1.807, 2.05) is 0 Å². The quantitative estimate of drug-likeness (QED) is 0.796. The molecule has 7 nitrogen and oxygen atoms in total. The van der Waals surface area contributed by atoms with Gasteiger partial charge < -0.3 is 14.6 Å². The summed E-state index contributed by atoms with van der Waals surface area (Å²) in [5.74, 6) is -2.14. The Morgan fingerprint density at radius 1 is 1.12 bits per heavy atom. The van der Waals surface area contributed by atoms with Gasteiger partial charge >= 0.3 is 5.97 Å². The molecule has 0 bridgehead atoms. The first-order valence-corrected chi connectivity index (χ1v) is 8.33. The molecule has 9 heteroatoms. The number of anilines is 1. The van der Waals surface area contributed by atoms with Crippen molar-refractivity contribution in [3.05, 3.63) is 58.6 Å². The Hall–Kier alpha value is -2.58. The fourth-order valence-electron chi connectivity index (χ4n) is 1.83. The molecule has 0 unspecified atom stereocenters. The summed E-state index contributed by atoms with van der Waals surface area (Å²) in [4.78, 5) is 22.0. The van der Waals surface area contributed by atoms with Gasteiger partial charge in [-0.15, -0.1) is 0 Å². The van der Waals surface area contributed by atoms with Crippen molar-refractivity contribution in [3.8, 4) is 0 Å². The summed E-state index contributed by atoms with van der Waals surface area (Å²) in [6.07, 6.45) is 0. The molecule has 0 atom stereocenters. The number of aromatic carboxylic acids is 1. The molecular weight excluding hydrogens is 358 g/mol. The van der Waals surface area contributed by atoms with Crippen LogP contribution in [0.15, 0.2) is 47.4 Å². The Morgan fingerprint density at radius 2 is 1.75 bits per heavy atom. The van der Waals surface area contributed by atoms with Crippen LogP contribution in [0.4, 0.5) is 5.69 Å². The van der Waals surface area contributed by atoms with Gasteiger partial charge in [-0.05, 0) is 42.5 Å². The van der Waals surface area contributed by atoms with Gasteiger partial charge in [-0.25, -0.2) is 13.2 Å². The summed E-state index contributed by atoms with van der Waals surface area (Å²) in [7, 11) is -2.81. The number of carboxylic acids is 1. The van der Waals surface area contributed by atoms with E-state index >= 15 is 0 Å². The molecule has 0 radical (unpaired) electrons. The molecule has 0 aromatic heterocycles. The standard InChI is InChI=1S/C15H12ClNO6S/c1-23-15(20)9-2-4-10(5-3-9)17-24(21,22)11-6-7-13(16)12(8-11)14(18)19/h2-8,17H,1H3,(H,18,19)/p-1. The van der Waals surface area contributed by atoms with E-state index in [1.54, 1.807) is 0 Å². The summed E-state index contributed by atoms with van der Waals surface area (Å²) >= 11 is 5.68. The van der Waals surface area contributed by atoms with Gasteiger partial charge in [0.2, 0.25) is 0 Å². The number of hydrogen-bond donors (Lipinski definition) is 1. The lowest BCUT2D eigenvalue weighted by atomic mass is 10.2. The van der Waals surface area contributed by atoms with Gasteiger partial charge in [0.1, 0.15) is 0 Å². The Kier molecular flexibility index (Phi) is 5.10. The van der Waals surface area contributed by atoms with E-state index in [-0.39, 0.29) is 21.2 Å². The van der Waals surface area contributed by atoms with Crippen molar-refractivity contribution >= 4 is 39.3 Å². The molecule has 0 amide bonds. The first kappa shape index (κ1) is 17.8. The van der Waals surface area contributed by atoms with Crippen molar-refractivity contribution in [2.45, 2.75) is 4.90 Å². The number of sulfonamides is 1. The predicted molar refractivity (Wildman–Crippen MR) is 84.4 cm³/mol. The van der Waals surface area contributed by atoms with Gasteiger partial charge in [0.25, 0.3) is 10.0 Å². The van der Waals surface area contributed by atoms with Crippen molar-refractivity contribution in [1.82, 2.24) is 0 Å². The Morgan fingerprint density at radius 3 is 2.29 bits per heavy atom. The molecule has 24 heavy (non-hydrogen) atoms. The van der Waals surface area contributed by atoms with Gasteiger partial charge in [0, 0.05) is 16.3 Å². The van der Waals surface area contributed by atoms with Crippen LogP contribution in [0.2, 0.25) is 5.02 Å². The largest absolute Gasteiger partial charge is 0.545 e. The van der Waals surface area contributed by atoms with Crippen LogP contribution < -0.4 is 9.83 Å². The van der Waals surface area contributed by atoms with Gasteiger partial charge in [-0.2, -0.15) is 0 Å². The fourth-order valence-corrected chi connectivity index (χ4v) is 3.11. The Balaban J connectivity index is 2.30. The molecule has 0 spiro atoms. The minimum Gasteiger partial charge on any atom is -0.545 e. The van der Waals surface area contributed by atoms with Crippen molar-refractivity contribution < 1.29 is 27.9 Å². The van der Waals surface area contributed by atoms with Gasteiger partial charge in [-0.3, -0.25) is 4.72 Å². The number of methoxy groups -OCH3 is 1. The van der Waals surface area contributed by atoms with E-state index in [0.29, 0.717) is 0 Å². The summed E-state index contributed by atoms with van der Waals surface area (Å²) in [6.45, 7) is 0. The second-order valence-corrected chi connectivity index (χ2v) is 6.69. The average Bonchev–Trinajstić information content (AvgIpc) is 2.54. The van der Waals surface area contributed by atoms with E-state index in [4.69, 9.17) is 11.6 Å². The number of halogens is 1. The maximum absolute atomic E-state index is 12.3. The molecule has 0 saturated carbocycles. The van der Waals surface area contributed by atoms with Gasteiger partial charge in [0.05, 0.1) is 23.5 Å². The molecule has 1 N–H and O–H groups in total. The molecular formula is C15H11ClNO6S-. The SMILES string of the molecule is COC(=O)c1ccc(NS(=O)(=O)c2ccc(Cl)c(C(=O)[O-])c2)cc1. The summed E-state index contributed by atoms with van der Waals surface area (Å²) in [6, 6.07) is 8.75. The van der Waals surface area contributed by atoms with Gasteiger partial charge in [-0.1, -0.05) is 11.6 Å². The normalized spacial score (nSPS) is 10.9. The van der Waals surface area contributed by atoms with Crippen LogP contribution in [0.3, 0.4) is 0 Å². The van der Waals surface area contributed by atoms with Crippen LogP contribution in [-0.4, -0.2) is 27.5 Å². The van der Waals surface area contributed by atoms with E-state index in [2.05, 4.69) is 9.46 Å². The number of carbonyl (C=O) groups excluding carboxylic acids is 2. The first-order valence-electron chi connectivity index (χ1n) is 6.46. The van der Waals surface area contributed by atoms with Crippen molar-refractivity contribution in [1.29, 1.82) is 0 Å². The lowest BCUT2D eigenvalue weighted by molar-refractivity contribution is -0.255. The highest BCUT2D eigenvalue weighted by Crippen LogP contribution is 2.22. The Labute approximate surface area is 142 Å². The monoisotopic (exact) mass is 368 g/mol. The topological polar surface area (TPSA) is 113 Å². The number of benzene rings is 2. The van der Waals surface area contributed by atoms with Crippen molar-refractivity contribution in [2.24, 2.45) is 0 Å². The summed E-state index contributed by atoms with van der Waals surface area (Å²) in [5.41, 5.74) is 0.0133. The van der Waals surface area contributed by atoms with E-state index < -0.39 is 27.5 Å². The molecule has 0 aliphatic heterocycles. The van der Waals surface area contributed by atoms with Crippen LogP contribution in [0.5, 0.6) is 0 Å². The molecule has 0 saturated heterocycles. The van der Waals surface area contributed by atoms with Crippen molar-refractivity contribution in [3.63, 3.8) is 0 Å². The molecule has 2 rings (SSSR count). The maximum atomic E-state index is 12.3. The highest BCUT2D eigenvalue weighted by atomic mass is 35.5. The molecule has 2 aromatic carbocycles. The lowest BCUT2D eigenvalue weighted by Gasteiger charge is -2.11. The highest BCUT2D eigenvalue weighted by Gasteiger charge is 2.17. The van der Waals surface area contributed by atoms with Crippen LogP contribution in [-0.2, 0) is 14.8 Å². The van der Waals surface area contributed by atoms with Gasteiger partial charge in [0.15, 0.2) is 0 Å². The van der Waals surface area contributed by atoms with Crippen LogP contribution in [0.1, 0.15) is 20.7 Å². The van der Waals surface area contributed by atoms with E-state index in [0.717, 1.165) is 12.1 Å². The summed E-state index contributed by atoms with van der Waals surface area (Å²) in [5, 5.41) is 10.8. The number of esters is 1. The van der Waals surface area contributed by atoms with Crippen LogP contribution in [0.25, 0.3) is 0 Å². The third kappa shape index (κ3) is 3.84. The number of hydrogen-bond acceptors (Lipinski definition) is 6. The van der Waals surface area contributed by atoms with Crippen LogP contribution in [0, 0.1) is 0 Å². The third-order valence-electron chi connectivity index (χ3n) is 3.03. The zero-order valence-corrected chi connectivity index (χ0v) is 13.8. The second-order valence-electron chi connectivity index (χ2n) is 4.60. The molecule has 0 aliphatic carbocycles. The summed E-state index contributed by atoms with van der Waals surface area (Å²) < 4.78 is 31.4. The minimum absolute atomic E-state index is 0.128. The predicted octanol–water partition coefficient (Wildman–Crippen LogP) is 1.29. The number of carbonyl (C=O) groups is 2. The molecule has 126 valence electrons. The molecule has 0 heterocycles. The lowest BCUT2D eigenvalue weighted by Crippen LogP contribution is -2.23. The molecule has 0 fully saturated rings. The number of nitrogens with one attached hydrogen (secondary N) is 1. The van der Waals surface area contributed by atoms with E-state index in [9.17, 15) is 23.1 Å².